The normalized spacial score (nSPS) is 12.9. The minimum absolute atomic E-state index is 0.205. The molecule has 0 aliphatic carbocycles. The van der Waals surface area contributed by atoms with Gasteiger partial charge in [-0.25, -0.2) is 15.0 Å². The van der Waals surface area contributed by atoms with Crippen molar-refractivity contribution >= 4 is 34.2 Å². The maximum Gasteiger partial charge on any atom is 0.389 e. The molecule has 3 aromatic heterocycles. The lowest BCUT2D eigenvalue weighted by molar-refractivity contribution is -0.143. The SMILES string of the molecule is CC(C)Oc1cnc(-c2c[nH]c3ncc(Cl)cc23)nc1N[C@@H](C)C(=O)CCC(F)(F)F. The largest absolute Gasteiger partial charge is 0.486 e. The first-order valence-electron chi connectivity index (χ1n) is 9.56. The van der Waals surface area contributed by atoms with Gasteiger partial charge in [0.15, 0.2) is 23.2 Å². The molecule has 0 amide bonds. The van der Waals surface area contributed by atoms with Crippen molar-refractivity contribution in [2.75, 3.05) is 5.32 Å². The summed E-state index contributed by atoms with van der Waals surface area (Å²) in [6.45, 7) is 5.10. The number of aromatic nitrogens is 4. The number of Topliss-reactive ketones (excluding diaryl/α,β-unsaturated/α-hetero) is 1. The Balaban J connectivity index is 1.91. The molecule has 7 nitrogen and oxygen atoms in total. The van der Waals surface area contributed by atoms with Crippen LogP contribution in [-0.2, 0) is 4.79 Å². The van der Waals surface area contributed by atoms with Gasteiger partial charge in [-0.05, 0) is 26.8 Å². The summed E-state index contributed by atoms with van der Waals surface area (Å²) in [5.74, 6) is 0.209. The van der Waals surface area contributed by atoms with E-state index in [1.807, 2.05) is 13.8 Å². The average molecular weight is 456 g/mol. The zero-order valence-electron chi connectivity index (χ0n) is 17.0. The second kappa shape index (κ2) is 9.09. The molecule has 3 heterocycles. The van der Waals surface area contributed by atoms with Gasteiger partial charge in [-0.2, -0.15) is 13.2 Å². The standard InChI is InChI=1S/C20H21ClF3N5O2/c1-10(2)31-16-9-27-18(14-8-26-17-13(14)6-12(21)7-25-17)29-19(16)28-11(3)15(30)4-5-20(22,23)24/h6-11H,4-5H2,1-3H3,(H,25,26)(H,27,28,29)/t11-/m0/s1. The van der Waals surface area contributed by atoms with Crippen LogP contribution in [0.5, 0.6) is 5.75 Å². The van der Waals surface area contributed by atoms with Crippen molar-refractivity contribution in [3.8, 4) is 17.1 Å². The Kier molecular flexibility index (Phi) is 6.68. The Morgan fingerprint density at radius 3 is 2.68 bits per heavy atom. The highest BCUT2D eigenvalue weighted by Gasteiger charge is 2.29. The molecular weight excluding hydrogens is 435 g/mol. The number of rotatable bonds is 8. The van der Waals surface area contributed by atoms with E-state index in [1.54, 1.807) is 12.3 Å². The van der Waals surface area contributed by atoms with Crippen molar-refractivity contribution in [1.29, 1.82) is 0 Å². The van der Waals surface area contributed by atoms with Crippen molar-refractivity contribution in [3.63, 3.8) is 0 Å². The number of fused-ring (bicyclic) bond motifs is 1. The molecule has 11 heteroatoms. The molecule has 0 aliphatic rings. The Bertz CT molecular complexity index is 1080. The van der Waals surface area contributed by atoms with E-state index >= 15 is 0 Å². The number of carbonyl (C=O) groups is 1. The lowest BCUT2D eigenvalue weighted by Crippen LogP contribution is -2.28. The van der Waals surface area contributed by atoms with E-state index in [9.17, 15) is 18.0 Å². The van der Waals surface area contributed by atoms with Gasteiger partial charge in [0.2, 0.25) is 0 Å². The predicted molar refractivity (Wildman–Crippen MR) is 111 cm³/mol. The van der Waals surface area contributed by atoms with Gasteiger partial charge in [0.25, 0.3) is 0 Å². The molecule has 0 aliphatic heterocycles. The Hall–Kier alpha value is -2.88. The Morgan fingerprint density at radius 1 is 1.26 bits per heavy atom. The first-order chi connectivity index (χ1) is 14.5. The smallest absolute Gasteiger partial charge is 0.389 e. The molecule has 0 bridgehead atoms. The average Bonchev–Trinajstić information content (AvgIpc) is 3.09. The molecule has 2 N–H and O–H groups in total. The van der Waals surface area contributed by atoms with Crippen LogP contribution in [0.3, 0.4) is 0 Å². The minimum Gasteiger partial charge on any atom is -0.486 e. The van der Waals surface area contributed by atoms with E-state index in [1.165, 1.54) is 19.3 Å². The van der Waals surface area contributed by atoms with Crippen LogP contribution >= 0.6 is 11.6 Å². The van der Waals surface area contributed by atoms with Crippen LogP contribution in [0.2, 0.25) is 5.02 Å². The fourth-order valence-electron chi connectivity index (χ4n) is 2.87. The minimum atomic E-state index is -4.39. The quantitative estimate of drug-likeness (QED) is 0.486. The summed E-state index contributed by atoms with van der Waals surface area (Å²) < 4.78 is 43.0. The van der Waals surface area contributed by atoms with E-state index in [4.69, 9.17) is 16.3 Å². The molecule has 31 heavy (non-hydrogen) atoms. The molecule has 0 saturated carbocycles. The van der Waals surface area contributed by atoms with Gasteiger partial charge in [0, 0.05) is 29.8 Å². The molecule has 0 unspecified atom stereocenters. The van der Waals surface area contributed by atoms with Crippen molar-refractivity contribution in [2.45, 2.75) is 51.9 Å². The van der Waals surface area contributed by atoms with E-state index in [0.29, 0.717) is 27.4 Å². The highest BCUT2D eigenvalue weighted by Crippen LogP contribution is 2.31. The van der Waals surface area contributed by atoms with Crippen LogP contribution in [0.4, 0.5) is 19.0 Å². The molecule has 0 fully saturated rings. The first-order valence-corrected chi connectivity index (χ1v) is 9.94. The lowest BCUT2D eigenvalue weighted by atomic mass is 10.1. The van der Waals surface area contributed by atoms with Crippen LogP contribution in [-0.4, -0.2) is 44.0 Å². The fourth-order valence-corrected chi connectivity index (χ4v) is 3.03. The number of carbonyl (C=O) groups excluding carboxylic acids is 1. The second-order valence-electron chi connectivity index (χ2n) is 7.27. The zero-order chi connectivity index (χ0) is 22.8. The summed E-state index contributed by atoms with van der Waals surface area (Å²) in [6.07, 6.45) is -1.77. The number of nitrogens with zero attached hydrogens (tertiary/aromatic N) is 3. The molecule has 0 radical (unpaired) electrons. The van der Waals surface area contributed by atoms with Gasteiger partial charge in [0.1, 0.15) is 5.65 Å². The first kappa shape index (κ1) is 22.8. The van der Waals surface area contributed by atoms with Crippen LogP contribution < -0.4 is 10.1 Å². The number of halogens is 4. The zero-order valence-corrected chi connectivity index (χ0v) is 17.8. The van der Waals surface area contributed by atoms with Crippen LogP contribution in [0.1, 0.15) is 33.6 Å². The van der Waals surface area contributed by atoms with Gasteiger partial charge >= 0.3 is 6.18 Å². The van der Waals surface area contributed by atoms with E-state index in [0.717, 1.165) is 0 Å². The number of hydrogen-bond donors (Lipinski definition) is 2. The molecular formula is C20H21ClF3N5O2. The number of alkyl halides is 3. The highest BCUT2D eigenvalue weighted by molar-refractivity contribution is 6.31. The Labute approximate surface area is 181 Å². The molecule has 3 rings (SSSR count). The molecule has 0 saturated heterocycles. The van der Waals surface area contributed by atoms with Gasteiger partial charge in [-0.3, -0.25) is 4.79 Å². The second-order valence-corrected chi connectivity index (χ2v) is 7.71. The summed E-state index contributed by atoms with van der Waals surface area (Å²) in [5, 5.41) is 4.01. The molecule has 0 aromatic carbocycles. The number of ketones is 1. The van der Waals surface area contributed by atoms with Crippen molar-refractivity contribution < 1.29 is 22.7 Å². The monoisotopic (exact) mass is 455 g/mol. The number of H-pyrrole nitrogens is 1. The molecule has 0 spiro atoms. The van der Waals surface area contributed by atoms with Crippen LogP contribution in [0.25, 0.3) is 22.4 Å². The summed E-state index contributed by atoms with van der Waals surface area (Å²) in [7, 11) is 0. The van der Waals surface area contributed by atoms with Crippen molar-refractivity contribution in [1.82, 2.24) is 19.9 Å². The van der Waals surface area contributed by atoms with Crippen LogP contribution in [0, 0.1) is 0 Å². The van der Waals surface area contributed by atoms with Crippen molar-refractivity contribution in [2.24, 2.45) is 0 Å². The van der Waals surface area contributed by atoms with Gasteiger partial charge < -0.3 is 15.0 Å². The summed E-state index contributed by atoms with van der Waals surface area (Å²) >= 11 is 6.05. The number of nitrogens with one attached hydrogen (secondary N) is 2. The van der Waals surface area contributed by atoms with Crippen molar-refractivity contribution in [3.05, 3.63) is 29.7 Å². The maximum atomic E-state index is 12.4. The van der Waals surface area contributed by atoms with Gasteiger partial charge in [-0.1, -0.05) is 11.6 Å². The third-order valence-electron chi connectivity index (χ3n) is 4.35. The fraction of sp³-hybridized carbons (Fsp3) is 0.400. The van der Waals surface area contributed by atoms with Gasteiger partial charge in [-0.15, -0.1) is 0 Å². The lowest BCUT2D eigenvalue weighted by Gasteiger charge is -2.18. The summed E-state index contributed by atoms with van der Waals surface area (Å²) in [4.78, 5) is 28.2. The third kappa shape index (κ3) is 5.84. The van der Waals surface area contributed by atoms with Crippen LogP contribution in [0.15, 0.2) is 24.7 Å². The van der Waals surface area contributed by atoms with E-state index in [2.05, 4.69) is 25.3 Å². The summed E-state index contributed by atoms with van der Waals surface area (Å²) in [6, 6.07) is 0.812. The number of aromatic amines is 1. The number of hydrogen-bond acceptors (Lipinski definition) is 6. The molecule has 1 atom stereocenters. The number of ether oxygens (including phenoxy) is 1. The number of pyridine rings is 1. The Morgan fingerprint density at radius 2 is 2.00 bits per heavy atom. The maximum absolute atomic E-state index is 12.4. The number of anilines is 1. The third-order valence-corrected chi connectivity index (χ3v) is 4.55. The highest BCUT2D eigenvalue weighted by atomic mass is 35.5. The summed E-state index contributed by atoms with van der Waals surface area (Å²) in [5.41, 5.74) is 1.22. The molecule has 166 valence electrons. The van der Waals surface area contributed by atoms with E-state index < -0.39 is 30.8 Å². The predicted octanol–water partition coefficient (Wildman–Crippen LogP) is 5.17. The van der Waals surface area contributed by atoms with Gasteiger partial charge in [0.05, 0.1) is 29.8 Å². The topological polar surface area (TPSA) is 92.8 Å². The molecule has 3 aromatic rings. The van der Waals surface area contributed by atoms with E-state index in [-0.39, 0.29) is 17.7 Å².